The molecule has 1 spiro atoms. The van der Waals surface area contributed by atoms with Crippen molar-refractivity contribution in [2.24, 2.45) is 0 Å². The number of hydrogen-bond acceptors (Lipinski definition) is 2. The third kappa shape index (κ3) is 1.83. The molecule has 1 amide bonds. The normalized spacial score (nSPS) is 20.8. The number of carbonyl (C=O) groups excluding carboxylic acids is 1. The van der Waals surface area contributed by atoms with Gasteiger partial charge in [0.15, 0.2) is 0 Å². The van der Waals surface area contributed by atoms with Crippen molar-refractivity contribution in [1.29, 1.82) is 0 Å². The summed E-state index contributed by atoms with van der Waals surface area (Å²) in [5.74, 6) is 0.147. The van der Waals surface area contributed by atoms with Crippen LogP contribution in [0.1, 0.15) is 39.5 Å². The van der Waals surface area contributed by atoms with Crippen LogP contribution < -0.4 is 10.2 Å². The zero-order chi connectivity index (χ0) is 13.6. The maximum atomic E-state index is 12.6. The largest absolute Gasteiger partial charge is 0.353 e. The van der Waals surface area contributed by atoms with E-state index < -0.39 is 0 Å². The summed E-state index contributed by atoms with van der Waals surface area (Å²) in [6.07, 6.45) is 4.10. The Labute approximate surface area is 118 Å². The summed E-state index contributed by atoms with van der Waals surface area (Å²) >= 11 is 6.14. The van der Waals surface area contributed by atoms with Gasteiger partial charge in [-0.05, 0) is 44.9 Å². The molecule has 1 saturated carbocycles. The first kappa shape index (κ1) is 12.8. The van der Waals surface area contributed by atoms with Crippen molar-refractivity contribution >= 4 is 28.9 Å². The highest BCUT2D eigenvalue weighted by Crippen LogP contribution is 2.46. The third-order valence-corrected chi connectivity index (χ3v) is 4.53. The van der Waals surface area contributed by atoms with Gasteiger partial charge in [0.1, 0.15) is 5.54 Å². The smallest absolute Gasteiger partial charge is 0.250 e. The van der Waals surface area contributed by atoms with Gasteiger partial charge in [0, 0.05) is 11.1 Å². The van der Waals surface area contributed by atoms with Crippen LogP contribution in [0.2, 0.25) is 5.02 Å². The minimum absolute atomic E-state index is 0.147. The van der Waals surface area contributed by atoms with Gasteiger partial charge in [-0.3, -0.25) is 4.79 Å². The number of halogens is 1. The quantitative estimate of drug-likeness (QED) is 0.847. The number of anilines is 2. The number of rotatable bonds is 1. The predicted molar refractivity (Wildman–Crippen MR) is 78.9 cm³/mol. The average Bonchev–Trinajstić information content (AvgIpc) is 2.81. The highest BCUT2D eigenvalue weighted by Gasteiger charge is 2.50. The number of nitrogens with zero attached hydrogens (tertiary/aromatic N) is 1. The SMILES string of the molecule is CC(C)N1c2cc(Cl)ccc2NC(=O)C12CCCC2. The van der Waals surface area contributed by atoms with E-state index in [2.05, 4.69) is 24.1 Å². The fraction of sp³-hybridized carbons (Fsp3) is 0.533. The summed E-state index contributed by atoms with van der Waals surface area (Å²) < 4.78 is 0. The van der Waals surface area contributed by atoms with E-state index in [9.17, 15) is 4.79 Å². The van der Waals surface area contributed by atoms with Crippen molar-refractivity contribution in [2.45, 2.75) is 51.1 Å². The minimum Gasteiger partial charge on any atom is -0.353 e. The molecule has 1 aliphatic carbocycles. The molecule has 0 aromatic heterocycles. The lowest BCUT2D eigenvalue weighted by molar-refractivity contribution is -0.121. The van der Waals surface area contributed by atoms with E-state index in [0.29, 0.717) is 5.02 Å². The molecule has 1 aliphatic heterocycles. The van der Waals surface area contributed by atoms with Gasteiger partial charge in [-0.1, -0.05) is 24.4 Å². The molecule has 0 unspecified atom stereocenters. The lowest BCUT2D eigenvalue weighted by Gasteiger charge is -2.48. The number of benzene rings is 1. The van der Waals surface area contributed by atoms with Crippen molar-refractivity contribution < 1.29 is 4.79 Å². The number of amides is 1. The number of fused-ring (bicyclic) bond motifs is 1. The van der Waals surface area contributed by atoms with Crippen LogP contribution in [0.25, 0.3) is 0 Å². The van der Waals surface area contributed by atoms with Crippen LogP contribution in [0.5, 0.6) is 0 Å². The van der Waals surface area contributed by atoms with Crippen LogP contribution in [0.3, 0.4) is 0 Å². The molecule has 1 aromatic carbocycles. The molecule has 3 rings (SSSR count). The van der Waals surface area contributed by atoms with Gasteiger partial charge >= 0.3 is 0 Å². The molecule has 0 radical (unpaired) electrons. The van der Waals surface area contributed by atoms with Crippen LogP contribution in [-0.4, -0.2) is 17.5 Å². The second kappa shape index (κ2) is 4.41. The van der Waals surface area contributed by atoms with Crippen LogP contribution in [0.15, 0.2) is 18.2 Å². The van der Waals surface area contributed by atoms with Crippen molar-refractivity contribution in [3.63, 3.8) is 0 Å². The zero-order valence-corrected chi connectivity index (χ0v) is 12.1. The molecule has 2 aliphatic rings. The van der Waals surface area contributed by atoms with E-state index in [-0.39, 0.29) is 17.5 Å². The van der Waals surface area contributed by atoms with Crippen molar-refractivity contribution in [3.8, 4) is 0 Å². The van der Waals surface area contributed by atoms with Gasteiger partial charge in [-0.25, -0.2) is 0 Å². The van der Waals surface area contributed by atoms with E-state index in [0.717, 1.165) is 37.1 Å². The Morgan fingerprint density at radius 2 is 2.00 bits per heavy atom. The van der Waals surface area contributed by atoms with Gasteiger partial charge in [-0.2, -0.15) is 0 Å². The third-order valence-electron chi connectivity index (χ3n) is 4.30. The zero-order valence-electron chi connectivity index (χ0n) is 11.4. The van der Waals surface area contributed by atoms with Crippen molar-refractivity contribution in [2.75, 3.05) is 10.2 Å². The first-order valence-electron chi connectivity index (χ1n) is 6.95. The van der Waals surface area contributed by atoms with Gasteiger partial charge in [0.25, 0.3) is 0 Å². The topological polar surface area (TPSA) is 32.3 Å². The molecule has 1 fully saturated rings. The molecule has 0 atom stereocenters. The van der Waals surface area contributed by atoms with E-state index in [4.69, 9.17) is 11.6 Å². The highest BCUT2D eigenvalue weighted by atomic mass is 35.5. The standard InChI is InChI=1S/C15H19ClN2O/c1-10(2)18-13-9-11(16)5-6-12(13)17-14(19)15(18)7-3-4-8-15/h5-6,9-10H,3-4,7-8H2,1-2H3,(H,17,19). The number of hydrogen-bond donors (Lipinski definition) is 1. The molecule has 0 bridgehead atoms. The summed E-state index contributed by atoms with van der Waals surface area (Å²) in [4.78, 5) is 14.9. The lowest BCUT2D eigenvalue weighted by atomic mass is 9.88. The molecule has 1 N–H and O–H groups in total. The Balaban J connectivity index is 2.17. The van der Waals surface area contributed by atoms with E-state index >= 15 is 0 Å². The Bertz CT molecular complexity index is 521. The van der Waals surface area contributed by atoms with Crippen molar-refractivity contribution in [1.82, 2.24) is 0 Å². The van der Waals surface area contributed by atoms with Crippen LogP contribution >= 0.6 is 11.6 Å². The fourth-order valence-electron chi connectivity index (χ4n) is 3.59. The molecule has 3 nitrogen and oxygen atoms in total. The van der Waals surface area contributed by atoms with Crippen LogP contribution in [0, 0.1) is 0 Å². The van der Waals surface area contributed by atoms with Crippen LogP contribution in [0.4, 0.5) is 11.4 Å². The minimum atomic E-state index is -0.369. The summed E-state index contributed by atoms with van der Waals surface area (Å²) in [5, 5.41) is 3.78. The molecular weight excluding hydrogens is 260 g/mol. The predicted octanol–water partition coefficient (Wildman–Crippen LogP) is 3.82. The molecule has 1 aromatic rings. The van der Waals surface area contributed by atoms with Gasteiger partial charge < -0.3 is 10.2 Å². The van der Waals surface area contributed by atoms with E-state index in [1.807, 2.05) is 18.2 Å². The molecule has 4 heteroatoms. The Morgan fingerprint density at radius 3 is 2.63 bits per heavy atom. The summed E-state index contributed by atoms with van der Waals surface area (Å²) in [7, 11) is 0. The van der Waals surface area contributed by atoms with Gasteiger partial charge in [-0.15, -0.1) is 0 Å². The Hall–Kier alpha value is -1.22. The van der Waals surface area contributed by atoms with Crippen LogP contribution in [-0.2, 0) is 4.79 Å². The number of nitrogens with one attached hydrogen (secondary N) is 1. The first-order valence-corrected chi connectivity index (χ1v) is 7.33. The average molecular weight is 279 g/mol. The summed E-state index contributed by atoms with van der Waals surface area (Å²) in [5.41, 5.74) is 1.57. The Morgan fingerprint density at radius 1 is 1.32 bits per heavy atom. The monoisotopic (exact) mass is 278 g/mol. The molecule has 0 saturated heterocycles. The molecular formula is C15H19ClN2O. The first-order chi connectivity index (χ1) is 9.04. The van der Waals surface area contributed by atoms with E-state index in [1.165, 1.54) is 0 Å². The maximum absolute atomic E-state index is 12.6. The lowest BCUT2D eigenvalue weighted by Crippen LogP contribution is -2.60. The molecule has 102 valence electrons. The van der Waals surface area contributed by atoms with Crippen molar-refractivity contribution in [3.05, 3.63) is 23.2 Å². The molecule has 1 heterocycles. The second-order valence-electron chi connectivity index (χ2n) is 5.82. The maximum Gasteiger partial charge on any atom is 0.250 e. The summed E-state index contributed by atoms with van der Waals surface area (Å²) in [6.45, 7) is 4.28. The second-order valence-corrected chi connectivity index (χ2v) is 6.25. The highest BCUT2D eigenvalue weighted by molar-refractivity contribution is 6.31. The van der Waals surface area contributed by atoms with Gasteiger partial charge in [0.2, 0.25) is 5.91 Å². The molecule has 19 heavy (non-hydrogen) atoms. The van der Waals surface area contributed by atoms with Gasteiger partial charge in [0.05, 0.1) is 11.4 Å². The summed E-state index contributed by atoms with van der Waals surface area (Å²) in [6, 6.07) is 5.97. The van der Waals surface area contributed by atoms with E-state index in [1.54, 1.807) is 0 Å². The number of carbonyl (C=O) groups is 1. The Kier molecular flexibility index (Phi) is 2.97. The fourth-order valence-corrected chi connectivity index (χ4v) is 3.76.